The fourth-order valence-electron chi connectivity index (χ4n) is 3.60. The molecular weight excluding hydrogens is 404 g/mol. The predicted octanol–water partition coefficient (Wildman–Crippen LogP) is 0.723. The maximum absolute atomic E-state index is 12.9. The molecule has 2 fully saturated rings. The van der Waals surface area contributed by atoms with Gasteiger partial charge in [-0.15, -0.1) is 0 Å². The van der Waals surface area contributed by atoms with E-state index >= 15 is 0 Å². The first-order valence-corrected chi connectivity index (χ1v) is 11.9. The quantitative estimate of drug-likeness (QED) is 0.470. The molecule has 2 unspecified atom stereocenters. The summed E-state index contributed by atoms with van der Waals surface area (Å²) in [5.74, 6) is -1.24. The minimum absolute atomic E-state index is 0.0483. The van der Waals surface area contributed by atoms with E-state index in [9.17, 15) is 26.8 Å². The van der Waals surface area contributed by atoms with Crippen LogP contribution < -0.4 is 0 Å². The van der Waals surface area contributed by atoms with Crippen molar-refractivity contribution in [1.29, 1.82) is 0 Å². The molecule has 0 spiro atoms. The number of hydrogen-bond acceptors (Lipinski definition) is 6. The van der Waals surface area contributed by atoms with Gasteiger partial charge in [-0.05, 0) is 26.3 Å². The molecule has 0 aliphatic carbocycles. The van der Waals surface area contributed by atoms with Crippen LogP contribution >= 0.6 is 0 Å². The number of ketones is 1. The monoisotopic (exact) mass is 429 g/mol. The van der Waals surface area contributed by atoms with Gasteiger partial charge in [0.2, 0.25) is 5.91 Å². The molecule has 2 heterocycles. The number of rotatable bonds is 5. The maximum Gasteiger partial charge on any atom is 0.222 e. The van der Waals surface area contributed by atoms with Gasteiger partial charge in [0.25, 0.3) is 0 Å². The van der Waals surface area contributed by atoms with E-state index in [1.807, 2.05) is 0 Å². The third-order valence-corrected chi connectivity index (χ3v) is 7.61. The molecule has 2 rings (SSSR count). The smallest absolute Gasteiger partial charge is 0.222 e. The number of amides is 1. The van der Waals surface area contributed by atoms with Crippen molar-refractivity contribution in [2.24, 2.45) is 5.92 Å². The molecule has 156 valence electrons. The van der Waals surface area contributed by atoms with Crippen LogP contribution in [0.2, 0.25) is 0 Å². The lowest BCUT2D eigenvalue weighted by atomic mass is 9.82. The van der Waals surface area contributed by atoms with Crippen LogP contribution in [-0.4, -0.2) is 68.7 Å². The summed E-state index contributed by atoms with van der Waals surface area (Å²) in [6.07, 6.45) is 4.70. The Labute approximate surface area is 168 Å². The molecule has 0 aromatic heterocycles. The summed E-state index contributed by atoms with van der Waals surface area (Å²) in [5, 5.41) is 0. The van der Waals surface area contributed by atoms with Crippen molar-refractivity contribution in [3.8, 4) is 0 Å². The minimum atomic E-state index is -3.09. The summed E-state index contributed by atoms with van der Waals surface area (Å²) in [5.41, 5.74) is 0.552. The van der Waals surface area contributed by atoms with Crippen LogP contribution in [0.1, 0.15) is 26.7 Å². The Kier molecular flexibility index (Phi) is 7.35. The Morgan fingerprint density at radius 2 is 1.96 bits per heavy atom. The van der Waals surface area contributed by atoms with Crippen molar-refractivity contribution in [1.82, 2.24) is 9.21 Å². The van der Waals surface area contributed by atoms with E-state index in [1.54, 1.807) is 19.9 Å². The van der Waals surface area contributed by atoms with Crippen molar-refractivity contribution in [3.05, 3.63) is 36.1 Å². The highest BCUT2D eigenvalue weighted by atomic mass is 32.2. The highest BCUT2D eigenvalue weighted by Gasteiger charge is 2.40. The molecule has 0 radical (unpaired) electrons. The van der Waals surface area contributed by atoms with Gasteiger partial charge in [-0.1, -0.05) is 18.7 Å². The van der Waals surface area contributed by atoms with E-state index in [2.05, 4.69) is 6.58 Å². The van der Waals surface area contributed by atoms with Crippen LogP contribution in [-0.2, 0) is 30.7 Å². The molecule has 0 N–H and O–H groups in total. The van der Waals surface area contributed by atoms with Gasteiger partial charge in [0.05, 0.1) is 17.2 Å². The van der Waals surface area contributed by atoms with Crippen LogP contribution in [0.5, 0.6) is 0 Å². The Morgan fingerprint density at radius 1 is 1.36 bits per heavy atom. The third-order valence-electron chi connectivity index (χ3n) is 5.15. The first-order chi connectivity index (χ1) is 13.1. The number of Topliss-reactive ketones (excluding diaryl/α,β-unsaturated/α-hetero) is 1. The second kappa shape index (κ2) is 9.15. The molecule has 2 saturated heterocycles. The zero-order chi connectivity index (χ0) is 21.1. The molecule has 0 aromatic carbocycles. The molecule has 2 aliphatic heterocycles. The summed E-state index contributed by atoms with van der Waals surface area (Å²) in [6, 6.07) is -0.631. The van der Waals surface area contributed by atoms with Crippen molar-refractivity contribution < 1.29 is 26.8 Å². The molecule has 28 heavy (non-hydrogen) atoms. The lowest BCUT2D eigenvalue weighted by Gasteiger charge is -2.43. The molecule has 0 saturated carbocycles. The zero-order valence-electron chi connectivity index (χ0n) is 16.0. The predicted molar refractivity (Wildman–Crippen MR) is 105 cm³/mol. The summed E-state index contributed by atoms with van der Waals surface area (Å²) in [7, 11) is -3.09. The maximum atomic E-state index is 12.9. The van der Waals surface area contributed by atoms with Gasteiger partial charge < -0.3 is 9.45 Å². The van der Waals surface area contributed by atoms with Gasteiger partial charge in [0.1, 0.15) is 0 Å². The number of carbonyl (C=O) groups is 2. The van der Waals surface area contributed by atoms with Crippen LogP contribution in [0.3, 0.4) is 0 Å². The lowest BCUT2D eigenvalue weighted by molar-refractivity contribution is -0.131. The normalized spacial score (nSPS) is 29.2. The van der Waals surface area contributed by atoms with Gasteiger partial charge in [-0.25, -0.2) is 8.42 Å². The van der Waals surface area contributed by atoms with E-state index < -0.39 is 33.1 Å². The Morgan fingerprint density at radius 3 is 2.46 bits per heavy atom. The molecule has 8 nitrogen and oxygen atoms in total. The fraction of sp³-hybridized carbons (Fsp3) is 0.556. The summed E-state index contributed by atoms with van der Waals surface area (Å²) in [4.78, 5) is 26.9. The SMILES string of the molecule is C=C/C=C1/C(=O)C(CCC(=O)N2CCS(=O)(=O)CC2)[C@@H](C)N(S(=O)[O-])/C1=C/C. The van der Waals surface area contributed by atoms with Crippen molar-refractivity contribution >= 4 is 32.8 Å². The van der Waals surface area contributed by atoms with E-state index in [0.717, 1.165) is 4.31 Å². The Hall–Kier alpha value is -1.78. The minimum Gasteiger partial charge on any atom is -0.755 e. The first-order valence-electron chi connectivity index (χ1n) is 9.03. The largest absolute Gasteiger partial charge is 0.755 e. The standard InChI is InChI=1S/C18H26N2O6S2/c1-4-6-15-16(5-2)20(27(23)24)13(3)14(18(15)22)7-8-17(21)19-9-11-28(25,26)12-10-19/h4-6,13-14H,1,7-12H2,2-3H3,(H,23,24)/p-1/b15-6+,16-5+/t13-,14?/m1/s1. The van der Waals surface area contributed by atoms with Gasteiger partial charge in [0, 0.05) is 48.3 Å². The number of carbonyl (C=O) groups excluding carboxylic acids is 2. The second-order valence-electron chi connectivity index (χ2n) is 6.82. The Balaban J connectivity index is 2.16. The molecular formula is C18H25N2O6S2-. The number of sulfone groups is 1. The van der Waals surface area contributed by atoms with Crippen LogP contribution in [0.4, 0.5) is 0 Å². The molecule has 2 aliphatic rings. The molecule has 3 atom stereocenters. The van der Waals surface area contributed by atoms with Crippen LogP contribution in [0.25, 0.3) is 0 Å². The van der Waals surface area contributed by atoms with E-state index in [4.69, 9.17) is 0 Å². The van der Waals surface area contributed by atoms with Gasteiger partial charge in [0.15, 0.2) is 15.6 Å². The van der Waals surface area contributed by atoms with Gasteiger partial charge in [-0.2, -0.15) is 0 Å². The van der Waals surface area contributed by atoms with Crippen LogP contribution in [0.15, 0.2) is 36.1 Å². The molecule has 0 aromatic rings. The molecule has 0 bridgehead atoms. The first kappa shape index (κ1) is 22.5. The van der Waals surface area contributed by atoms with E-state index in [-0.39, 0.29) is 54.7 Å². The average molecular weight is 430 g/mol. The van der Waals surface area contributed by atoms with Crippen LogP contribution in [0, 0.1) is 5.92 Å². The van der Waals surface area contributed by atoms with Crippen molar-refractivity contribution in [3.63, 3.8) is 0 Å². The van der Waals surface area contributed by atoms with E-state index in [0.29, 0.717) is 5.70 Å². The fourth-order valence-corrected chi connectivity index (χ4v) is 5.59. The van der Waals surface area contributed by atoms with Gasteiger partial charge >= 0.3 is 0 Å². The summed E-state index contributed by atoms with van der Waals surface area (Å²) in [6.45, 7) is 7.18. The van der Waals surface area contributed by atoms with Crippen molar-refractivity contribution in [2.75, 3.05) is 24.6 Å². The van der Waals surface area contributed by atoms with Crippen molar-refractivity contribution in [2.45, 2.75) is 32.7 Å². The topological polar surface area (TPSA) is 115 Å². The Bertz CT molecular complexity index is 832. The number of nitrogens with zero attached hydrogens (tertiary/aromatic N) is 2. The van der Waals surface area contributed by atoms with E-state index in [1.165, 1.54) is 17.1 Å². The average Bonchev–Trinajstić information content (AvgIpc) is 2.62. The molecule has 1 amide bonds. The highest BCUT2D eigenvalue weighted by Crippen LogP contribution is 2.35. The second-order valence-corrected chi connectivity index (χ2v) is 9.95. The highest BCUT2D eigenvalue weighted by molar-refractivity contribution is 7.91. The molecule has 10 heteroatoms. The zero-order valence-corrected chi connectivity index (χ0v) is 17.6. The number of hydrogen-bond donors (Lipinski definition) is 0. The van der Waals surface area contributed by atoms with Gasteiger partial charge in [-0.3, -0.25) is 18.1 Å². The summed E-state index contributed by atoms with van der Waals surface area (Å²) < 4.78 is 47.7. The number of allylic oxidation sites excluding steroid dienone is 4. The lowest BCUT2D eigenvalue weighted by Crippen LogP contribution is -2.49. The number of piperidine rings is 1. The third kappa shape index (κ3) is 4.79. The summed E-state index contributed by atoms with van der Waals surface area (Å²) >= 11 is -2.57.